The summed E-state index contributed by atoms with van der Waals surface area (Å²) in [6, 6.07) is 7.80. The fourth-order valence-corrected chi connectivity index (χ4v) is 1.73. The molecule has 0 amide bonds. The highest BCUT2D eigenvalue weighted by Crippen LogP contribution is 2.18. The predicted octanol–water partition coefficient (Wildman–Crippen LogP) is 2.46. The molecular weight excluding hydrogens is 268 g/mol. The van der Waals surface area contributed by atoms with Crippen LogP contribution in [0, 0.1) is 31.1 Å². The third-order valence-electron chi connectivity index (χ3n) is 2.74. The summed E-state index contributed by atoms with van der Waals surface area (Å²) >= 11 is 0. The van der Waals surface area contributed by atoms with Gasteiger partial charge in [0.1, 0.15) is 12.4 Å². The van der Waals surface area contributed by atoms with Gasteiger partial charge < -0.3 is 9.47 Å². The molecule has 5 heteroatoms. The maximum absolute atomic E-state index is 11.4. The smallest absolute Gasteiger partial charge is 0.328 e. The zero-order valence-corrected chi connectivity index (χ0v) is 12.6. The number of nitrogens with zero attached hydrogens (tertiary/aromatic N) is 2. The summed E-state index contributed by atoms with van der Waals surface area (Å²) in [6.45, 7) is 6.73. The van der Waals surface area contributed by atoms with Crippen LogP contribution in [0.4, 0.5) is 0 Å². The van der Waals surface area contributed by atoms with Crippen molar-refractivity contribution >= 4 is 12.2 Å². The molecule has 0 aliphatic carbocycles. The molecule has 5 nitrogen and oxygen atoms in total. The molecule has 1 aromatic carbocycles. The van der Waals surface area contributed by atoms with E-state index in [1.54, 1.807) is 6.92 Å². The van der Waals surface area contributed by atoms with E-state index >= 15 is 0 Å². The van der Waals surface area contributed by atoms with Crippen LogP contribution in [0.3, 0.4) is 0 Å². The second-order valence-electron chi connectivity index (χ2n) is 4.53. The lowest BCUT2D eigenvalue weighted by atomic mass is 10.1. The zero-order valence-electron chi connectivity index (χ0n) is 12.6. The predicted molar refractivity (Wildman–Crippen MR) is 80.5 cm³/mol. The van der Waals surface area contributed by atoms with Crippen molar-refractivity contribution in [1.82, 2.24) is 0 Å². The third-order valence-corrected chi connectivity index (χ3v) is 2.74. The van der Waals surface area contributed by atoms with E-state index in [1.165, 1.54) is 11.8 Å². The molecule has 0 unspecified atom stereocenters. The Labute approximate surface area is 125 Å². The fourth-order valence-electron chi connectivity index (χ4n) is 1.73. The van der Waals surface area contributed by atoms with Crippen molar-refractivity contribution in [2.24, 2.45) is 10.9 Å². The number of rotatable bonds is 7. The van der Waals surface area contributed by atoms with Gasteiger partial charge in [-0.3, -0.25) is 9.79 Å². The molecule has 112 valence electrons. The van der Waals surface area contributed by atoms with E-state index in [2.05, 4.69) is 4.99 Å². The largest absolute Gasteiger partial charge is 0.491 e. The Kier molecular flexibility index (Phi) is 6.96. The second-order valence-corrected chi connectivity index (χ2v) is 4.53. The van der Waals surface area contributed by atoms with Gasteiger partial charge in [0.2, 0.25) is 0 Å². The molecule has 1 atom stereocenters. The van der Waals surface area contributed by atoms with Crippen LogP contribution >= 0.6 is 0 Å². The van der Waals surface area contributed by atoms with E-state index in [9.17, 15) is 4.79 Å². The van der Waals surface area contributed by atoms with Crippen LogP contribution in [0.5, 0.6) is 5.75 Å². The van der Waals surface area contributed by atoms with Gasteiger partial charge in [0, 0.05) is 6.21 Å². The van der Waals surface area contributed by atoms with Gasteiger partial charge in [-0.25, -0.2) is 0 Å². The minimum atomic E-state index is -0.953. The summed E-state index contributed by atoms with van der Waals surface area (Å²) in [7, 11) is 0. The van der Waals surface area contributed by atoms with E-state index in [0.717, 1.165) is 11.3 Å². The molecule has 0 bridgehead atoms. The van der Waals surface area contributed by atoms with E-state index in [0.29, 0.717) is 13.2 Å². The normalized spacial score (nSPS) is 11.9. The number of benzene rings is 1. The van der Waals surface area contributed by atoms with Gasteiger partial charge in [0.25, 0.3) is 0 Å². The topological polar surface area (TPSA) is 71.7 Å². The molecule has 1 aromatic rings. The lowest BCUT2D eigenvalue weighted by Gasteiger charge is -2.08. The highest BCUT2D eigenvalue weighted by molar-refractivity contribution is 5.92. The Bertz CT molecular complexity index is 547. The van der Waals surface area contributed by atoms with E-state index in [4.69, 9.17) is 14.7 Å². The van der Waals surface area contributed by atoms with Crippen molar-refractivity contribution in [2.45, 2.75) is 20.8 Å². The molecule has 0 aromatic heterocycles. The van der Waals surface area contributed by atoms with Gasteiger partial charge in [-0.1, -0.05) is 17.7 Å². The standard InChI is InChI=1S/C16H20N2O3/c1-4-20-16(19)14(10-17)11-18-7-8-21-15-6-5-12(2)9-13(15)3/h5-6,9,11,14H,4,7-8H2,1-3H3/t14-/m1/s1. The highest BCUT2D eigenvalue weighted by Gasteiger charge is 2.15. The average molecular weight is 288 g/mol. The van der Waals surface area contributed by atoms with Crippen molar-refractivity contribution < 1.29 is 14.3 Å². The van der Waals surface area contributed by atoms with Crippen molar-refractivity contribution in [1.29, 1.82) is 5.26 Å². The van der Waals surface area contributed by atoms with Crippen molar-refractivity contribution in [3.05, 3.63) is 29.3 Å². The number of hydrogen-bond donors (Lipinski definition) is 0. The van der Waals surface area contributed by atoms with Crippen LogP contribution in [-0.4, -0.2) is 31.9 Å². The van der Waals surface area contributed by atoms with Gasteiger partial charge in [0.15, 0.2) is 5.92 Å². The molecule has 0 spiro atoms. The van der Waals surface area contributed by atoms with Gasteiger partial charge >= 0.3 is 5.97 Å². The number of esters is 1. The fraction of sp³-hybridized carbons (Fsp3) is 0.438. The maximum atomic E-state index is 11.4. The average Bonchev–Trinajstić information content (AvgIpc) is 2.45. The molecule has 0 saturated heterocycles. The lowest BCUT2D eigenvalue weighted by Crippen LogP contribution is -2.17. The van der Waals surface area contributed by atoms with Crippen molar-refractivity contribution in [2.75, 3.05) is 19.8 Å². The molecule has 0 fully saturated rings. The number of carbonyl (C=O) groups excluding carboxylic acids is 1. The number of ether oxygens (including phenoxy) is 2. The summed E-state index contributed by atoms with van der Waals surface area (Å²) < 4.78 is 10.4. The molecular formula is C16H20N2O3. The summed E-state index contributed by atoms with van der Waals surface area (Å²) in [5.74, 6) is -0.705. The van der Waals surface area contributed by atoms with E-state index in [1.807, 2.05) is 38.1 Å². The number of nitriles is 1. The zero-order chi connectivity index (χ0) is 15.7. The van der Waals surface area contributed by atoms with Crippen LogP contribution in [0.1, 0.15) is 18.1 Å². The summed E-state index contributed by atoms with van der Waals surface area (Å²) in [6.07, 6.45) is 1.31. The minimum Gasteiger partial charge on any atom is -0.491 e. The molecule has 0 N–H and O–H groups in total. The number of aryl methyl sites for hydroxylation is 2. The lowest BCUT2D eigenvalue weighted by molar-refractivity contribution is -0.143. The van der Waals surface area contributed by atoms with Gasteiger partial charge in [0.05, 0.1) is 19.2 Å². The van der Waals surface area contributed by atoms with Gasteiger partial charge in [-0.05, 0) is 32.4 Å². The Morgan fingerprint density at radius 2 is 2.24 bits per heavy atom. The monoisotopic (exact) mass is 288 g/mol. The number of carbonyl (C=O) groups is 1. The Balaban J connectivity index is 2.41. The quantitative estimate of drug-likeness (QED) is 0.439. The first-order valence-corrected chi connectivity index (χ1v) is 6.84. The highest BCUT2D eigenvalue weighted by atomic mass is 16.5. The first kappa shape index (κ1) is 16.7. The molecule has 0 aliphatic heterocycles. The molecule has 0 radical (unpaired) electrons. The second kappa shape index (κ2) is 8.75. The molecule has 0 saturated carbocycles. The SMILES string of the molecule is CCOC(=O)[C@H](C#N)C=NCCOc1ccc(C)cc1C. The van der Waals surface area contributed by atoms with E-state index < -0.39 is 11.9 Å². The van der Waals surface area contributed by atoms with Crippen LogP contribution in [-0.2, 0) is 9.53 Å². The van der Waals surface area contributed by atoms with Gasteiger partial charge in [-0.2, -0.15) is 5.26 Å². The summed E-state index contributed by atoms with van der Waals surface area (Å²) in [5, 5.41) is 8.85. The first-order valence-electron chi connectivity index (χ1n) is 6.84. The third kappa shape index (κ3) is 5.65. The van der Waals surface area contributed by atoms with Crippen molar-refractivity contribution in [3.63, 3.8) is 0 Å². The number of aliphatic imine (C=N–C) groups is 1. The first-order chi connectivity index (χ1) is 10.1. The Hall–Kier alpha value is -2.35. The molecule has 0 heterocycles. The van der Waals surface area contributed by atoms with E-state index in [-0.39, 0.29) is 6.61 Å². The summed E-state index contributed by atoms with van der Waals surface area (Å²) in [4.78, 5) is 15.4. The Morgan fingerprint density at radius 1 is 1.48 bits per heavy atom. The molecule has 0 aliphatic rings. The molecule has 1 rings (SSSR count). The van der Waals surface area contributed by atoms with Crippen LogP contribution in [0.25, 0.3) is 0 Å². The number of hydrogen-bond acceptors (Lipinski definition) is 5. The van der Waals surface area contributed by atoms with Gasteiger partial charge in [-0.15, -0.1) is 0 Å². The van der Waals surface area contributed by atoms with Crippen LogP contribution in [0.15, 0.2) is 23.2 Å². The Morgan fingerprint density at radius 3 is 2.86 bits per heavy atom. The van der Waals surface area contributed by atoms with Crippen LogP contribution in [0.2, 0.25) is 0 Å². The molecule has 21 heavy (non-hydrogen) atoms. The van der Waals surface area contributed by atoms with Crippen LogP contribution < -0.4 is 4.74 Å². The minimum absolute atomic E-state index is 0.251. The van der Waals surface area contributed by atoms with Crippen molar-refractivity contribution in [3.8, 4) is 11.8 Å². The summed E-state index contributed by atoms with van der Waals surface area (Å²) in [5.41, 5.74) is 2.25. The maximum Gasteiger partial charge on any atom is 0.328 e.